The number of aromatic nitrogens is 2. The Balaban J connectivity index is 1.61. The highest BCUT2D eigenvalue weighted by Crippen LogP contribution is 2.44. The zero-order chi connectivity index (χ0) is 20.5. The summed E-state index contributed by atoms with van der Waals surface area (Å²) in [5.74, 6) is 0.855. The van der Waals surface area contributed by atoms with E-state index in [1.807, 2.05) is 40.9 Å². The van der Waals surface area contributed by atoms with Gasteiger partial charge in [0.1, 0.15) is 6.33 Å². The molecule has 0 aliphatic carbocycles. The molecule has 0 bridgehead atoms. The van der Waals surface area contributed by atoms with Gasteiger partial charge in [0.05, 0.1) is 23.5 Å². The van der Waals surface area contributed by atoms with Crippen LogP contribution >= 0.6 is 23.4 Å². The van der Waals surface area contributed by atoms with E-state index in [9.17, 15) is 4.79 Å². The largest absolute Gasteiger partial charge is 0.330 e. The van der Waals surface area contributed by atoms with E-state index in [-0.39, 0.29) is 18.0 Å². The van der Waals surface area contributed by atoms with Crippen LogP contribution in [0.3, 0.4) is 0 Å². The summed E-state index contributed by atoms with van der Waals surface area (Å²) >= 11 is 7.83. The third kappa shape index (κ3) is 4.14. The van der Waals surface area contributed by atoms with Crippen molar-refractivity contribution in [3.63, 3.8) is 0 Å². The average molecular weight is 432 g/mol. The Morgan fingerprint density at radius 1 is 1.34 bits per heavy atom. The Morgan fingerprint density at radius 3 is 2.86 bits per heavy atom. The molecule has 0 spiro atoms. The quantitative estimate of drug-likeness (QED) is 0.774. The van der Waals surface area contributed by atoms with Crippen molar-refractivity contribution in [3.05, 3.63) is 58.1 Å². The van der Waals surface area contributed by atoms with Crippen molar-refractivity contribution in [1.82, 2.24) is 20.2 Å². The molecule has 3 N–H and O–H groups in total. The number of thioether (sulfide) groups is 1. The van der Waals surface area contributed by atoms with E-state index in [2.05, 4.69) is 29.1 Å². The SMILES string of the molecule is C[C@H]1SCc2ncnc([C@@H]3[C@@H](C)NCCN3C(=O)C(N)Cc3ccc(Cl)cc3)c21. The number of hydrogen-bond acceptors (Lipinski definition) is 6. The lowest BCUT2D eigenvalue weighted by Crippen LogP contribution is -2.57. The zero-order valence-corrected chi connectivity index (χ0v) is 18.2. The first-order valence-corrected chi connectivity index (χ1v) is 11.4. The number of halogens is 1. The number of nitrogens with one attached hydrogen (secondary N) is 1. The molecule has 0 radical (unpaired) electrons. The number of carbonyl (C=O) groups excluding carboxylic acids is 1. The molecule has 2 aromatic rings. The van der Waals surface area contributed by atoms with Crippen molar-refractivity contribution in [2.24, 2.45) is 5.73 Å². The number of nitrogens with zero attached hydrogens (tertiary/aromatic N) is 3. The van der Waals surface area contributed by atoms with Gasteiger partial charge in [-0.2, -0.15) is 0 Å². The molecule has 1 amide bonds. The molecular formula is C21H26ClN5OS. The Kier molecular flexibility index (Phi) is 6.11. The molecule has 2 aliphatic rings. The van der Waals surface area contributed by atoms with Crippen LogP contribution < -0.4 is 11.1 Å². The Labute approximate surface area is 180 Å². The number of rotatable bonds is 4. The Hall–Kier alpha value is -1.67. The van der Waals surface area contributed by atoms with Crippen molar-refractivity contribution in [2.45, 2.75) is 49.4 Å². The van der Waals surface area contributed by atoms with Gasteiger partial charge in [-0.05, 0) is 38.0 Å². The lowest BCUT2D eigenvalue weighted by atomic mass is 9.94. The third-order valence-corrected chi connectivity index (χ3v) is 7.18. The van der Waals surface area contributed by atoms with Gasteiger partial charge in [0, 0.05) is 40.7 Å². The first kappa shape index (κ1) is 20.6. The molecule has 1 fully saturated rings. The maximum Gasteiger partial charge on any atom is 0.240 e. The van der Waals surface area contributed by atoms with E-state index in [1.165, 1.54) is 5.56 Å². The van der Waals surface area contributed by atoms with E-state index in [0.29, 0.717) is 23.2 Å². The maximum atomic E-state index is 13.4. The van der Waals surface area contributed by atoms with Gasteiger partial charge in [-0.15, -0.1) is 11.8 Å². The minimum Gasteiger partial charge on any atom is -0.330 e. The first-order chi connectivity index (χ1) is 14.0. The molecule has 6 nitrogen and oxygen atoms in total. The summed E-state index contributed by atoms with van der Waals surface area (Å²) in [6.45, 7) is 5.65. The molecule has 154 valence electrons. The normalized spacial score (nSPS) is 25.0. The molecule has 1 aromatic heterocycles. The van der Waals surface area contributed by atoms with Crippen molar-refractivity contribution < 1.29 is 4.79 Å². The molecule has 4 rings (SSSR count). The van der Waals surface area contributed by atoms with E-state index in [0.717, 1.165) is 29.2 Å². The number of amides is 1. The van der Waals surface area contributed by atoms with Crippen molar-refractivity contribution in [3.8, 4) is 0 Å². The number of hydrogen-bond donors (Lipinski definition) is 2. The molecule has 8 heteroatoms. The molecule has 1 unspecified atom stereocenters. The van der Waals surface area contributed by atoms with Crippen molar-refractivity contribution >= 4 is 29.3 Å². The molecule has 4 atom stereocenters. The molecular weight excluding hydrogens is 406 g/mol. The zero-order valence-electron chi connectivity index (χ0n) is 16.6. The van der Waals surface area contributed by atoms with Crippen LogP contribution in [0.5, 0.6) is 0 Å². The smallest absolute Gasteiger partial charge is 0.240 e. The van der Waals surface area contributed by atoms with Crippen LogP contribution in [-0.4, -0.2) is 45.9 Å². The van der Waals surface area contributed by atoms with Gasteiger partial charge in [0.25, 0.3) is 0 Å². The van der Waals surface area contributed by atoms with Crippen LogP contribution in [0.25, 0.3) is 0 Å². The van der Waals surface area contributed by atoms with Gasteiger partial charge in [0.15, 0.2) is 0 Å². The molecule has 3 heterocycles. The van der Waals surface area contributed by atoms with Crippen LogP contribution in [0.15, 0.2) is 30.6 Å². The van der Waals surface area contributed by atoms with Crippen LogP contribution in [0.4, 0.5) is 0 Å². The second-order valence-corrected chi connectivity index (χ2v) is 9.49. The highest BCUT2D eigenvalue weighted by atomic mass is 35.5. The lowest BCUT2D eigenvalue weighted by molar-refractivity contribution is -0.137. The summed E-state index contributed by atoms with van der Waals surface area (Å²) in [5.41, 5.74) is 10.6. The van der Waals surface area contributed by atoms with Gasteiger partial charge in [-0.25, -0.2) is 9.97 Å². The number of carbonyl (C=O) groups is 1. The maximum absolute atomic E-state index is 13.4. The van der Waals surface area contributed by atoms with Crippen molar-refractivity contribution in [2.75, 3.05) is 13.1 Å². The standard InChI is InChI=1S/C21H26ClN5OS/c1-12-20(19-18-13(2)29-10-17(18)25-11-26-19)27(8-7-24-12)21(28)16(23)9-14-3-5-15(22)6-4-14/h3-6,11-13,16,20,24H,7-10,23H2,1-2H3/t12-,13-,16?,20+/m1/s1. The second kappa shape index (κ2) is 8.60. The number of fused-ring (bicyclic) bond motifs is 1. The van der Waals surface area contributed by atoms with Gasteiger partial charge in [0.2, 0.25) is 5.91 Å². The monoisotopic (exact) mass is 431 g/mol. The highest BCUT2D eigenvalue weighted by Gasteiger charge is 2.39. The summed E-state index contributed by atoms with van der Waals surface area (Å²) in [7, 11) is 0. The van der Waals surface area contributed by atoms with Crippen molar-refractivity contribution in [1.29, 1.82) is 0 Å². The van der Waals surface area contributed by atoms with Gasteiger partial charge in [-0.1, -0.05) is 23.7 Å². The minimum atomic E-state index is -0.606. The Bertz CT molecular complexity index is 893. The summed E-state index contributed by atoms with van der Waals surface area (Å²) in [6.07, 6.45) is 2.11. The predicted octanol–water partition coefficient (Wildman–Crippen LogP) is 2.87. The van der Waals surface area contributed by atoms with E-state index in [1.54, 1.807) is 6.33 Å². The lowest BCUT2D eigenvalue weighted by Gasteiger charge is -2.42. The van der Waals surface area contributed by atoms with E-state index < -0.39 is 6.04 Å². The van der Waals surface area contributed by atoms with E-state index in [4.69, 9.17) is 17.3 Å². The average Bonchev–Trinajstić information content (AvgIpc) is 3.10. The number of nitrogens with two attached hydrogens (primary N) is 1. The van der Waals surface area contributed by atoms with Gasteiger partial charge in [-0.3, -0.25) is 4.79 Å². The summed E-state index contributed by atoms with van der Waals surface area (Å²) < 4.78 is 0. The fraction of sp³-hybridized carbons (Fsp3) is 0.476. The third-order valence-electron chi connectivity index (χ3n) is 5.75. The topological polar surface area (TPSA) is 84.1 Å². The van der Waals surface area contributed by atoms with Crippen LogP contribution in [0.2, 0.25) is 5.02 Å². The predicted molar refractivity (Wildman–Crippen MR) is 117 cm³/mol. The Morgan fingerprint density at radius 2 is 2.10 bits per heavy atom. The second-order valence-electron chi connectivity index (χ2n) is 7.73. The molecule has 1 aromatic carbocycles. The van der Waals surface area contributed by atoms with Gasteiger partial charge >= 0.3 is 0 Å². The summed E-state index contributed by atoms with van der Waals surface area (Å²) in [5, 5.41) is 4.50. The van der Waals surface area contributed by atoms with Gasteiger partial charge < -0.3 is 16.0 Å². The molecule has 2 aliphatic heterocycles. The van der Waals surface area contributed by atoms with Crippen LogP contribution in [0.1, 0.15) is 47.7 Å². The minimum absolute atomic E-state index is 0.0380. The first-order valence-electron chi connectivity index (χ1n) is 9.95. The fourth-order valence-electron chi connectivity index (χ4n) is 4.27. The number of piperazine rings is 1. The molecule has 0 saturated carbocycles. The van der Waals surface area contributed by atoms with E-state index >= 15 is 0 Å². The molecule has 29 heavy (non-hydrogen) atoms. The fourth-order valence-corrected chi connectivity index (χ4v) is 5.46. The van der Waals surface area contributed by atoms with Crippen LogP contribution in [0, 0.1) is 0 Å². The molecule has 1 saturated heterocycles. The number of benzene rings is 1. The highest BCUT2D eigenvalue weighted by molar-refractivity contribution is 7.99. The summed E-state index contributed by atoms with van der Waals surface area (Å²) in [4.78, 5) is 24.4. The van der Waals surface area contributed by atoms with Crippen LogP contribution in [-0.2, 0) is 17.0 Å². The summed E-state index contributed by atoms with van der Waals surface area (Å²) in [6, 6.07) is 6.83.